The summed E-state index contributed by atoms with van der Waals surface area (Å²) in [6.45, 7) is 6.24. The predicted molar refractivity (Wildman–Crippen MR) is 169 cm³/mol. The van der Waals surface area contributed by atoms with Crippen molar-refractivity contribution in [2.45, 2.75) is 33.6 Å². The minimum Gasteiger partial charge on any atom is -0.509 e. The number of halogens is 1. The average Bonchev–Trinajstić information content (AvgIpc) is 3.50. The predicted octanol–water partition coefficient (Wildman–Crippen LogP) is 9.13. The third kappa shape index (κ3) is 5.35. The largest absolute Gasteiger partial charge is 2.00 e. The van der Waals surface area contributed by atoms with E-state index in [-0.39, 0.29) is 26.9 Å². The first-order chi connectivity index (χ1) is 21.0. The Balaban J connectivity index is 0.00000343. The number of aryl methyl sites for hydroxylation is 2. The molecule has 7 heteroatoms. The molecule has 7 aromatic rings. The molecule has 220 valence electrons. The number of hydrogen-bond acceptors (Lipinski definition) is 3. The van der Waals surface area contributed by atoms with Crippen LogP contribution in [0.4, 0.5) is 4.39 Å². The Bertz CT molecular complexity index is 2120. The molecule has 0 aliphatic heterocycles. The number of aromatic nitrogens is 4. The van der Waals surface area contributed by atoms with Crippen LogP contribution in [0.15, 0.2) is 97.2 Å². The quantitative estimate of drug-likeness (QED) is 0.152. The zero-order valence-electron chi connectivity index (χ0n) is 24.5. The molecule has 0 aliphatic rings. The topological polar surface area (TPSA) is 44.9 Å². The Morgan fingerprint density at radius 2 is 1.66 bits per heavy atom. The van der Waals surface area contributed by atoms with Crippen LogP contribution < -0.4 is 4.74 Å². The zero-order valence-corrected chi connectivity index (χ0v) is 26.8. The van der Waals surface area contributed by atoms with Gasteiger partial charge in [-0.15, -0.1) is 35.7 Å². The summed E-state index contributed by atoms with van der Waals surface area (Å²) in [7, 11) is 0. The zero-order chi connectivity index (χ0) is 29.5. The van der Waals surface area contributed by atoms with Crippen LogP contribution in [0.1, 0.15) is 30.3 Å². The van der Waals surface area contributed by atoms with Crippen LogP contribution in [0, 0.1) is 31.8 Å². The van der Waals surface area contributed by atoms with Gasteiger partial charge in [-0.05, 0) is 72.8 Å². The smallest absolute Gasteiger partial charge is 0.509 e. The molecule has 0 saturated heterocycles. The van der Waals surface area contributed by atoms with E-state index in [2.05, 4.69) is 49.2 Å². The van der Waals surface area contributed by atoms with Crippen LogP contribution in [0.3, 0.4) is 0 Å². The summed E-state index contributed by atoms with van der Waals surface area (Å²) < 4.78 is 24.6. The maximum absolute atomic E-state index is 14.4. The summed E-state index contributed by atoms with van der Waals surface area (Å²) in [5.41, 5.74) is 7.82. The van der Waals surface area contributed by atoms with Crippen molar-refractivity contribution in [3.8, 4) is 34.1 Å². The Kier molecular flexibility index (Phi) is 8.20. The van der Waals surface area contributed by atoms with E-state index in [9.17, 15) is 4.39 Å². The molecule has 4 aromatic carbocycles. The van der Waals surface area contributed by atoms with Gasteiger partial charge in [-0.3, -0.25) is 4.68 Å². The fraction of sp³-hybridized carbons (Fsp3) is 0.135. The molecule has 3 aromatic heterocycles. The number of nitrogens with zero attached hydrogens (tertiary/aromatic N) is 4. The van der Waals surface area contributed by atoms with Crippen LogP contribution in [0.5, 0.6) is 11.5 Å². The van der Waals surface area contributed by atoms with Crippen molar-refractivity contribution in [3.63, 3.8) is 0 Å². The van der Waals surface area contributed by atoms with Gasteiger partial charge in [0.25, 0.3) is 0 Å². The van der Waals surface area contributed by atoms with Crippen molar-refractivity contribution in [3.05, 3.63) is 132 Å². The molecular weight excluding hydrogens is 731 g/mol. The van der Waals surface area contributed by atoms with Gasteiger partial charge in [0, 0.05) is 34.5 Å². The third-order valence-electron chi connectivity index (χ3n) is 7.74. The molecule has 5 nitrogen and oxygen atoms in total. The number of benzene rings is 4. The van der Waals surface area contributed by atoms with Gasteiger partial charge in [-0.1, -0.05) is 49.2 Å². The van der Waals surface area contributed by atoms with Crippen molar-refractivity contribution in [2.75, 3.05) is 0 Å². The van der Waals surface area contributed by atoms with Crippen molar-refractivity contribution in [2.24, 2.45) is 0 Å². The van der Waals surface area contributed by atoms with Crippen LogP contribution in [-0.2, 0) is 27.5 Å². The molecular formula is C37H29FN4OPt. The molecule has 0 saturated carbocycles. The second kappa shape index (κ2) is 12.2. The van der Waals surface area contributed by atoms with E-state index in [0.29, 0.717) is 11.5 Å². The van der Waals surface area contributed by atoms with E-state index >= 15 is 0 Å². The van der Waals surface area contributed by atoms with Crippen LogP contribution >= 0.6 is 0 Å². The number of hydrogen-bond donors (Lipinski definition) is 0. The second-order valence-corrected chi connectivity index (χ2v) is 10.7. The Morgan fingerprint density at radius 1 is 0.841 bits per heavy atom. The van der Waals surface area contributed by atoms with Crippen molar-refractivity contribution >= 4 is 21.8 Å². The third-order valence-corrected chi connectivity index (χ3v) is 7.74. The molecule has 0 amide bonds. The monoisotopic (exact) mass is 759 g/mol. The van der Waals surface area contributed by atoms with Gasteiger partial charge >= 0.3 is 21.1 Å². The van der Waals surface area contributed by atoms with E-state index in [1.165, 1.54) is 11.6 Å². The normalized spacial score (nSPS) is 11.2. The van der Waals surface area contributed by atoms with Gasteiger partial charge in [-0.25, -0.2) is 9.37 Å². The summed E-state index contributed by atoms with van der Waals surface area (Å²) in [5.74, 6) is 1.54. The molecule has 0 atom stereocenters. The van der Waals surface area contributed by atoms with Crippen LogP contribution in [0.25, 0.3) is 44.4 Å². The molecule has 0 unspecified atom stereocenters. The van der Waals surface area contributed by atoms with Gasteiger partial charge < -0.3 is 9.30 Å². The van der Waals surface area contributed by atoms with Crippen molar-refractivity contribution in [1.29, 1.82) is 0 Å². The standard InChI is InChI=1S/C37H29FN4O.Pt/c1-4-9-26-18-19-39-36(20-26)41-34-17-14-28(38)21-33(34)32-16-15-31(23-35(32)41)43-30-13-8-12-29(22-30)42-25(3)37(24(2)40-42)27-10-6-5-7-11-27;/h5-8,10-21H,4,9H2,1-3H3;/q-2;+2. The second-order valence-electron chi connectivity index (χ2n) is 10.7. The number of pyridine rings is 1. The average molecular weight is 760 g/mol. The Morgan fingerprint density at radius 3 is 2.48 bits per heavy atom. The van der Waals surface area contributed by atoms with Crippen molar-refractivity contribution < 1.29 is 30.2 Å². The fourth-order valence-corrected chi connectivity index (χ4v) is 5.86. The van der Waals surface area contributed by atoms with E-state index in [1.807, 2.05) is 77.0 Å². The summed E-state index contributed by atoms with van der Waals surface area (Å²) in [6.07, 6.45) is 3.81. The van der Waals surface area contributed by atoms with Gasteiger partial charge in [0.1, 0.15) is 11.6 Å². The summed E-state index contributed by atoms with van der Waals surface area (Å²) in [6, 6.07) is 35.6. The van der Waals surface area contributed by atoms with Crippen LogP contribution in [-0.4, -0.2) is 19.3 Å². The molecule has 7 rings (SSSR count). The molecule has 44 heavy (non-hydrogen) atoms. The Labute approximate surface area is 270 Å². The van der Waals surface area contributed by atoms with Gasteiger partial charge in [0.2, 0.25) is 0 Å². The van der Waals surface area contributed by atoms with Crippen molar-refractivity contribution in [1.82, 2.24) is 19.3 Å². The van der Waals surface area contributed by atoms with E-state index < -0.39 is 0 Å². The first-order valence-corrected chi connectivity index (χ1v) is 14.4. The van der Waals surface area contributed by atoms with Gasteiger partial charge in [0.15, 0.2) is 0 Å². The number of ether oxygens (including phenoxy) is 1. The van der Waals surface area contributed by atoms with E-state index in [4.69, 9.17) is 9.84 Å². The SMILES string of the molecule is CCCc1ccnc(-n2c3[c-]c(Oc4[c-]c(-n5nc(C)c(-c6ccccc6)c5C)ccc4)ccc3c3cc(F)ccc32)c1.[Pt+2]. The molecule has 0 N–H and O–H groups in total. The molecule has 0 aliphatic carbocycles. The summed E-state index contributed by atoms with van der Waals surface area (Å²) in [4.78, 5) is 4.68. The minimum absolute atomic E-state index is 0. The maximum atomic E-state index is 14.4. The summed E-state index contributed by atoms with van der Waals surface area (Å²) in [5, 5.41) is 6.50. The number of rotatable bonds is 7. The molecule has 0 fully saturated rings. The van der Waals surface area contributed by atoms with E-state index in [0.717, 1.165) is 68.7 Å². The minimum atomic E-state index is -0.287. The first-order valence-electron chi connectivity index (χ1n) is 14.4. The van der Waals surface area contributed by atoms with Gasteiger partial charge in [0.05, 0.1) is 5.69 Å². The maximum Gasteiger partial charge on any atom is 2.00 e. The fourth-order valence-electron chi connectivity index (χ4n) is 5.86. The van der Waals surface area contributed by atoms with Crippen LogP contribution in [0.2, 0.25) is 0 Å². The molecule has 3 heterocycles. The summed E-state index contributed by atoms with van der Waals surface area (Å²) >= 11 is 0. The molecule has 0 radical (unpaired) electrons. The van der Waals surface area contributed by atoms with E-state index in [1.54, 1.807) is 12.1 Å². The Hall–Kier alpha value is -4.54. The number of fused-ring (bicyclic) bond motifs is 3. The molecule has 0 bridgehead atoms. The molecule has 0 spiro atoms. The van der Waals surface area contributed by atoms with Gasteiger partial charge in [-0.2, -0.15) is 17.2 Å². The first kappa shape index (κ1) is 29.5.